The van der Waals surface area contributed by atoms with Crippen molar-refractivity contribution in [3.63, 3.8) is 0 Å². The van der Waals surface area contributed by atoms with E-state index in [0.29, 0.717) is 30.3 Å². The van der Waals surface area contributed by atoms with Gasteiger partial charge in [0.15, 0.2) is 0 Å². The number of rotatable bonds is 4. The zero-order valence-electron chi connectivity index (χ0n) is 13.1. The van der Waals surface area contributed by atoms with Crippen molar-refractivity contribution in [1.29, 1.82) is 0 Å². The first kappa shape index (κ1) is 15.8. The molecule has 2 unspecified atom stereocenters. The van der Waals surface area contributed by atoms with Crippen molar-refractivity contribution in [2.45, 2.75) is 44.6 Å². The van der Waals surface area contributed by atoms with Crippen LogP contribution in [0.5, 0.6) is 0 Å². The molecule has 0 bridgehead atoms. The number of carbonyl (C=O) groups excluding carboxylic acids is 1. The summed E-state index contributed by atoms with van der Waals surface area (Å²) in [6.07, 6.45) is 4.67. The first-order chi connectivity index (χ1) is 10.5. The summed E-state index contributed by atoms with van der Waals surface area (Å²) in [5, 5.41) is 11.6. The minimum atomic E-state index is -0.943. The second-order valence-electron chi connectivity index (χ2n) is 6.98. The molecule has 0 aromatic heterocycles. The molecule has 1 heterocycles. The molecule has 1 aromatic rings. The van der Waals surface area contributed by atoms with Crippen molar-refractivity contribution in [2.75, 3.05) is 13.1 Å². The number of halogens is 1. The maximum atomic E-state index is 12.5. The average molecular weight is 322 g/mol. The molecule has 0 radical (unpaired) electrons. The number of nitrogens with zero attached hydrogens (tertiary/aromatic N) is 1. The molecule has 0 spiro atoms. The standard InChI is InChI=1S/C18H24ClNO2/c1-13(14-3-4-14)11-17(21)20-10-2-9-18(22,12-20)15-5-7-16(19)8-6-15/h5-8,13-14,22H,2-4,9-12H2,1H3. The van der Waals surface area contributed by atoms with Crippen LogP contribution in [0.2, 0.25) is 5.02 Å². The molecule has 2 aliphatic rings. The molecule has 120 valence electrons. The van der Waals surface area contributed by atoms with Gasteiger partial charge in [0, 0.05) is 18.0 Å². The number of piperidine rings is 1. The molecule has 1 aromatic carbocycles. The lowest BCUT2D eigenvalue weighted by molar-refractivity contribution is -0.139. The molecule has 3 rings (SSSR count). The highest BCUT2D eigenvalue weighted by Gasteiger charge is 2.38. The van der Waals surface area contributed by atoms with Crippen LogP contribution in [0.3, 0.4) is 0 Å². The van der Waals surface area contributed by atoms with Crippen LogP contribution >= 0.6 is 11.6 Å². The van der Waals surface area contributed by atoms with Gasteiger partial charge in [0.1, 0.15) is 5.60 Å². The van der Waals surface area contributed by atoms with E-state index >= 15 is 0 Å². The zero-order valence-corrected chi connectivity index (χ0v) is 13.9. The lowest BCUT2D eigenvalue weighted by Gasteiger charge is -2.40. The lowest BCUT2D eigenvalue weighted by atomic mass is 9.85. The fraction of sp³-hybridized carbons (Fsp3) is 0.611. The molecule has 1 amide bonds. The monoisotopic (exact) mass is 321 g/mol. The number of carbonyl (C=O) groups is 1. The van der Waals surface area contributed by atoms with Crippen LogP contribution < -0.4 is 0 Å². The molecular weight excluding hydrogens is 298 g/mol. The van der Waals surface area contributed by atoms with E-state index in [4.69, 9.17) is 11.6 Å². The van der Waals surface area contributed by atoms with Crippen LogP contribution in [0.15, 0.2) is 24.3 Å². The van der Waals surface area contributed by atoms with Gasteiger partial charge in [0.2, 0.25) is 5.91 Å². The fourth-order valence-electron chi connectivity index (χ4n) is 3.48. The summed E-state index contributed by atoms with van der Waals surface area (Å²) in [5.41, 5.74) is -0.0916. The number of aliphatic hydroxyl groups is 1. The van der Waals surface area contributed by atoms with Gasteiger partial charge in [-0.2, -0.15) is 0 Å². The molecule has 1 saturated carbocycles. The molecule has 4 heteroatoms. The maximum absolute atomic E-state index is 12.5. The van der Waals surface area contributed by atoms with Gasteiger partial charge in [-0.15, -0.1) is 0 Å². The predicted molar refractivity (Wildman–Crippen MR) is 87.7 cm³/mol. The Morgan fingerprint density at radius 2 is 2.09 bits per heavy atom. The normalized spacial score (nSPS) is 26.8. The summed E-state index contributed by atoms with van der Waals surface area (Å²) in [6, 6.07) is 7.32. The van der Waals surface area contributed by atoms with Crippen molar-refractivity contribution in [1.82, 2.24) is 4.90 Å². The van der Waals surface area contributed by atoms with Crippen LogP contribution in [0.1, 0.15) is 44.6 Å². The van der Waals surface area contributed by atoms with Crippen LogP contribution in [-0.4, -0.2) is 29.0 Å². The first-order valence-electron chi connectivity index (χ1n) is 8.24. The van der Waals surface area contributed by atoms with E-state index in [2.05, 4.69) is 6.92 Å². The summed E-state index contributed by atoms with van der Waals surface area (Å²) >= 11 is 5.92. The van der Waals surface area contributed by atoms with E-state index in [0.717, 1.165) is 24.4 Å². The van der Waals surface area contributed by atoms with Gasteiger partial charge in [-0.3, -0.25) is 4.79 Å². The van der Waals surface area contributed by atoms with Gasteiger partial charge in [-0.05, 0) is 55.2 Å². The molecule has 1 aliphatic carbocycles. The molecule has 1 N–H and O–H groups in total. The van der Waals surface area contributed by atoms with Crippen LogP contribution in [0.4, 0.5) is 0 Å². The first-order valence-corrected chi connectivity index (χ1v) is 8.62. The topological polar surface area (TPSA) is 40.5 Å². The highest BCUT2D eigenvalue weighted by atomic mass is 35.5. The molecule has 1 aliphatic heterocycles. The Morgan fingerprint density at radius 3 is 2.73 bits per heavy atom. The van der Waals surface area contributed by atoms with Gasteiger partial charge in [0.25, 0.3) is 0 Å². The van der Waals surface area contributed by atoms with Crippen LogP contribution in [-0.2, 0) is 10.4 Å². The predicted octanol–water partition coefficient (Wildman–Crippen LogP) is 3.59. The summed E-state index contributed by atoms with van der Waals surface area (Å²) in [6.45, 7) is 3.32. The number of hydrogen-bond donors (Lipinski definition) is 1. The van der Waals surface area contributed by atoms with Gasteiger partial charge in [-0.1, -0.05) is 30.7 Å². The average Bonchev–Trinajstić information content (AvgIpc) is 3.32. The molecule has 1 saturated heterocycles. The van der Waals surface area contributed by atoms with E-state index in [1.165, 1.54) is 12.8 Å². The summed E-state index contributed by atoms with van der Waals surface area (Å²) in [7, 11) is 0. The number of amides is 1. The Hall–Kier alpha value is -1.06. The van der Waals surface area contributed by atoms with Crippen LogP contribution in [0.25, 0.3) is 0 Å². The molecule has 22 heavy (non-hydrogen) atoms. The third kappa shape index (κ3) is 3.47. The molecular formula is C18H24ClNO2. The quantitative estimate of drug-likeness (QED) is 0.920. The van der Waals surface area contributed by atoms with Crippen molar-refractivity contribution >= 4 is 17.5 Å². The van der Waals surface area contributed by atoms with E-state index in [9.17, 15) is 9.90 Å². The second-order valence-corrected chi connectivity index (χ2v) is 7.41. The number of likely N-dealkylation sites (tertiary alicyclic amines) is 1. The smallest absolute Gasteiger partial charge is 0.222 e. The minimum Gasteiger partial charge on any atom is -0.383 e. The molecule has 3 nitrogen and oxygen atoms in total. The molecule has 2 fully saturated rings. The maximum Gasteiger partial charge on any atom is 0.222 e. The Morgan fingerprint density at radius 1 is 1.41 bits per heavy atom. The summed E-state index contributed by atoms with van der Waals surface area (Å²) in [4.78, 5) is 14.4. The van der Waals surface area contributed by atoms with Crippen LogP contribution in [0, 0.1) is 11.8 Å². The molecule has 2 atom stereocenters. The Bertz CT molecular complexity index is 541. The number of β-amino-alcohol motifs (C(OH)–C–C–N with tert-alkyl or cyclic N) is 1. The van der Waals surface area contributed by atoms with E-state index < -0.39 is 5.60 Å². The third-order valence-electron chi connectivity index (χ3n) is 5.13. The van der Waals surface area contributed by atoms with Gasteiger partial charge in [-0.25, -0.2) is 0 Å². The van der Waals surface area contributed by atoms with E-state index in [-0.39, 0.29) is 5.91 Å². The SMILES string of the molecule is CC(CC(=O)N1CCCC(O)(c2ccc(Cl)cc2)C1)C1CC1. The summed E-state index contributed by atoms with van der Waals surface area (Å²) in [5.74, 6) is 1.40. The number of hydrogen-bond acceptors (Lipinski definition) is 2. The minimum absolute atomic E-state index is 0.187. The van der Waals surface area contributed by atoms with Gasteiger partial charge < -0.3 is 10.0 Å². The Labute approximate surface area is 137 Å². The van der Waals surface area contributed by atoms with Crippen molar-refractivity contribution in [3.8, 4) is 0 Å². The second kappa shape index (κ2) is 6.21. The van der Waals surface area contributed by atoms with Gasteiger partial charge in [0.05, 0.1) is 6.54 Å². The third-order valence-corrected chi connectivity index (χ3v) is 5.38. The number of benzene rings is 1. The van der Waals surface area contributed by atoms with Crippen molar-refractivity contribution in [2.24, 2.45) is 11.8 Å². The summed E-state index contributed by atoms with van der Waals surface area (Å²) < 4.78 is 0. The largest absolute Gasteiger partial charge is 0.383 e. The van der Waals surface area contributed by atoms with Gasteiger partial charge >= 0.3 is 0 Å². The lowest BCUT2D eigenvalue weighted by Crippen LogP contribution is -2.48. The van der Waals surface area contributed by atoms with Crippen molar-refractivity contribution < 1.29 is 9.90 Å². The Kier molecular flexibility index (Phi) is 4.47. The zero-order chi connectivity index (χ0) is 15.7. The van der Waals surface area contributed by atoms with E-state index in [1.54, 1.807) is 12.1 Å². The van der Waals surface area contributed by atoms with Crippen molar-refractivity contribution in [3.05, 3.63) is 34.9 Å². The fourth-order valence-corrected chi connectivity index (χ4v) is 3.61. The van der Waals surface area contributed by atoms with E-state index in [1.807, 2.05) is 17.0 Å². The highest BCUT2D eigenvalue weighted by Crippen LogP contribution is 2.39. The Balaban J connectivity index is 1.67. The highest BCUT2D eigenvalue weighted by molar-refractivity contribution is 6.30.